The summed E-state index contributed by atoms with van der Waals surface area (Å²) >= 11 is 0. The Bertz CT molecular complexity index is 371. The van der Waals surface area contributed by atoms with Gasteiger partial charge in [0.05, 0.1) is 0 Å². The number of nitrogens with zero attached hydrogens (tertiary/aromatic N) is 5. The van der Waals surface area contributed by atoms with Crippen LogP contribution < -0.4 is 15.1 Å². The quantitative estimate of drug-likeness (QED) is 0.719. The molecule has 0 aliphatic rings. The fourth-order valence-electron chi connectivity index (χ4n) is 1.37. The van der Waals surface area contributed by atoms with Gasteiger partial charge in [0.15, 0.2) is 0 Å². The highest BCUT2D eigenvalue weighted by atomic mass is 16.3. The van der Waals surface area contributed by atoms with Gasteiger partial charge in [-0.2, -0.15) is 15.0 Å². The van der Waals surface area contributed by atoms with Crippen LogP contribution in [0, 0.1) is 0 Å². The van der Waals surface area contributed by atoms with Crippen molar-refractivity contribution in [1.29, 1.82) is 0 Å². The standard InChI is InChI=1S/C11H22N6O/c1-5-12-9-13-10(16(2)3)15-11(14-9)17(4)7-6-8-18/h18H,5-8H2,1-4H3,(H,12,13,14,15). The van der Waals surface area contributed by atoms with Gasteiger partial charge in [-0.3, -0.25) is 0 Å². The topological polar surface area (TPSA) is 77.4 Å². The highest BCUT2D eigenvalue weighted by molar-refractivity contribution is 5.43. The fourth-order valence-corrected chi connectivity index (χ4v) is 1.37. The molecule has 0 atom stereocenters. The molecule has 1 heterocycles. The van der Waals surface area contributed by atoms with Crippen LogP contribution in [0.4, 0.5) is 17.8 Å². The van der Waals surface area contributed by atoms with Crippen molar-refractivity contribution in [3.8, 4) is 0 Å². The molecule has 0 saturated heterocycles. The highest BCUT2D eigenvalue weighted by Gasteiger charge is 2.10. The average Bonchev–Trinajstić information content (AvgIpc) is 2.35. The predicted octanol–water partition coefficient (Wildman–Crippen LogP) is 0.188. The van der Waals surface area contributed by atoms with Gasteiger partial charge >= 0.3 is 0 Å². The van der Waals surface area contributed by atoms with Crippen molar-refractivity contribution in [2.24, 2.45) is 0 Å². The van der Waals surface area contributed by atoms with Crippen molar-refractivity contribution < 1.29 is 5.11 Å². The number of hydrogen-bond acceptors (Lipinski definition) is 7. The van der Waals surface area contributed by atoms with Gasteiger partial charge in [-0.05, 0) is 13.3 Å². The van der Waals surface area contributed by atoms with Gasteiger partial charge in [0, 0.05) is 40.8 Å². The Morgan fingerprint density at radius 3 is 2.33 bits per heavy atom. The van der Waals surface area contributed by atoms with E-state index in [1.54, 1.807) is 0 Å². The van der Waals surface area contributed by atoms with E-state index in [4.69, 9.17) is 5.11 Å². The number of aliphatic hydroxyl groups excluding tert-OH is 1. The lowest BCUT2D eigenvalue weighted by Gasteiger charge is -2.19. The monoisotopic (exact) mass is 254 g/mol. The lowest BCUT2D eigenvalue weighted by atomic mass is 10.4. The van der Waals surface area contributed by atoms with Crippen molar-refractivity contribution in [3.63, 3.8) is 0 Å². The molecule has 0 bridgehead atoms. The van der Waals surface area contributed by atoms with E-state index in [-0.39, 0.29) is 6.61 Å². The molecule has 1 aromatic heterocycles. The molecule has 0 aromatic carbocycles. The predicted molar refractivity (Wildman–Crippen MR) is 73.3 cm³/mol. The largest absolute Gasteiger partial charge is 0.396 e. The highest BCUT2D eigenvalue weighted by Crippen LogP contribution is 2.14. The van der Waals surface area contributed by atoms with Crippen LogP contribution in [0.25, 0.3) is 0 Å². The third-order valence-corrected chi connectivity index (χ3v) is 2.34. The summed E-state index contributed by atoms with van der Waals surface area (Å²) in [7, 11) is 5.69. The van der Waals surface area contributed by atoms with E-state index in [1.165, 1.54) is 0 Å². The number of aromatic nitrogens is 3. The minimum absolute atomic E-state index is 0.163. The summed E-state index contributed by atoms with van der Waals surface area (Å²) in [4.78, 5) is 16.8. The smallest absolute Gasteiger partial charge is 0.231 e. The zero-order chi connectivity index (χ0) is 13.5. The average molecular weight is 254 g/mol. The summed E-state index contributed by atoms with van der Waals surface area (Å²) in [5.41, 5.74) is 0. The van der Waals surface area contributed by atoms with Gasteiger partial charge in [0.2, 0.25) is 17.8 Å². The number of aliphatic hydroxyl groups is 1. The van der Waals surface area contributed by atoms with Crippen molar-refractivity contribution in [2.75, 3.05) is 56.0 Å². The molecule has 18 heavy (non-hydrogen) atoms. The van der Waals surface area contributed by atoms with Crippen LogP contribution in [0.2, 0.25) is 0 Å². The first-order valence-electron chi connectivity index (χ1n) is 6.07. The molecule has 7 nitrogen and oxygen atoms in total. The number of nitrogens with one attached hydrogen (secondary N) is 1. The molecule has 0 unspecified atom stereocenters. The van der Waals surface area contributed by atoms with E-state index in [0.29, 0.717) is 30.8 Å². The van der Waals surface area contributed by atoms with Crippen LogP contribution in [0.1, 0.15) is 13.3 Å². The Morgan fingerprint density at radius 1 is 1.11 bits per heavy atom. The van der Waals surface area contributed by atoms with Crippen molar-refractivity contribution >= 4 is 17.8 Å². The second kappa shape index (κ2) is 6.95. The molecule has 0 fully saturated rings. The van der Waals surface area contributed by atoms with Gasteiger partial charge in [-0.1, -0.05) is 0 Å². The lowest BCUT2D eigenvalue weighted by molar-refractivity contribution is 0.290. The number of hydrogen-bond donors (Lipinski definition) is 2. The Labute approximate surface area is 108 Å². The minimum Gasteiger partial charge on any atom is -0.396 e. The minimum atomic E-state index is 0.163. The molecular formula is C11H22N6O. The molecule has 0 spiro atoms. The van der Waals surface area contributed by atoms with E-state index in [2.05, 4.69) is 20.3 Å². The van der Waals surface area contributed by atoms with Crippen molar-refractivity contribution in [1.82, 2.24) is 15.0 Å². The summed E-state index contributed by atoms with van der Waals surface area (Å²) in [6.07, 6.45) is 0.690. The van der Waals surface area contributed by atoms with Crippen LogP contribution in [0.3, 0.4) is 0 Å². The molecule has 7 heteroatoms. The first-order chi connectivity index (χ1) is 8.58. The van der Waals surface area contributed by atoms with Gasteiger partial charge in [-0.25, -0.2) is 0 Å². The second-order valence-corrected chi connectivity index (χ2v) is 4.18. The molecule has 0 radical (unpaired) electrons. The third kappa shape index (κ3) is 3.99. The summed E-state index contributed by atoms with van der Waals surface area (Å²) in [6, 6.07) is 0. The van der Waals surface area contributed by atoms with Gasteiger partial charge in [-0.15, -0.1) is 0 Å². The first kappa shape index (κ1) is 14.4. The Hall–Kier alpha value is -1.63. The molecule has 102 valence electrons. The Balaban J connectivity index is 2.94. The van der Waals surface area contributed by atoms with E-state index >= 15 is 0 Å². The van der Waals surface area contributed by atoms with Crippen LogP contribution in [-0.4, -0.2) is 60.9 Å². The summed E-state index contributed by atoms with van der Waals surface area (Å²) in [5.74, 6) is 1.80. The zero-order valence-electron chi connectivity index (χ0n) is 11.5. The molecule has 2 N–H and O–H groups in total. The molecule has 0 aliphatic heterocycles. The van der Waals surface area contributed by atoms with Gasteiger partial charge in [0.1, 0.15) is 0 Å². The van der Waals surface area contributed by atoms with Crippen molar-refractivity contribution in [2.45, 2.75) is 13.3 Å². The summed E-state index contributed by atoms with van der Waals surface area (Å²) in [5, 5.41) is 11.9. The zero-order valence-corrected chi connectivity index (χ0v) is 11.5. The molecule has 0 aliphatic carbocycles. The third-order valence-electron chi connectivity index (χ3n) is 2.34. The maximum Gasteiger partial charge on any atom is 0.231 e. The van der Waals surface area contributed by atoms with Crippen LogP contribution >= 0.6 is 0 Å². The van der Waals surface area contributed by atoms with E-state index < -0.39 is 0 Å². The molecular weight excluding hydrogens is 232 g/mol. The van der Waals surface area contributed by atoms with Crippen LogP contribution in [0.15, 0.2) is 0 Å². The molecule has 1 rings (SSSR count). The number of rotatable bonds is 7. The van der Waals surface area contributed by atoms with E-state index in [1.807, 2.05) is 37.9 Å². The lowest BCUT2D eigenvalue weighted by Crippen LogP contribution is -2.24. The second-order valence-electron chi connectivity index (χ2n) is 4.18. The van der Waals surface area contributed by atoms with E-state index in [9.17, 15) is 0 Å². The first-order valence-corrected chi connectivity index (χ1v) is 6.07. The van der Waals surface area contributed by atoms with Gasteiger partial charge in [0.25, 0.3) is 0 Å². The Kier molecular flexibility index (Phi) is 5.57. The maximum absolute atomic E-state index is 8.84. The van der Waals surface area contributed by atoms with Crippen LogP contribution in [-0.2, 0) is 0 Å². The SMILES string of the molecule is CCNc1nc(N(C)C)nc(N(C)CCCO)n1. The maximum atomic E-state index is 8.84. The molecule has 0 amide bonds. The normalized spacial score (nSPS) is 10.3. The van der Waals surface area contributed by atoms with E-state index in [0.717, 1.165) is 6.54 Å². The van der Waals surface area contributed by atoms with Crippen molar-refractivity contribution in [3.05, 3.63) is 0 Å². The summed E-state index contributed by atoms with van der Waals surface area (Å²) < 4.78 is 0. The Morgan fingerprint density at radius 2 is 1.78 bits per heavy atom. The summed E-state index contributed by atoms with van der Waals surface area (Å²) in [6.45, 7) is 3.62. The number of anilines is 3. The van der Waals surface area contributed by atoms with Crippen LogP contribution in [0.5, 0.6) is 0 Å². The molecule has 0 saturated carbocycles. The molecule has 1 aromatic rings. The fraction of sp³-hybridized carbons (Fsp3) is 0.727. The van der Waals surface area contributed by atoms with Gasteiger partial charge < -0.3 is 20.2 Å².